The Hall–Kier alpha value is -3.26. The van der Waals surface area contributed by atoms with E-state index in [0.717, 1.165) is 32.5 Å². The first kappa shape index (κ1) is 19.1. The highest BCUT2D eigenvalue weighted by molar-refractivity contribution is 7.15. The number of carbonyl (C=O) groups excluding carboxylic acids is 1. The number of aryl methyl sites for hydroxylation is 3. The Labute approximate surface area is 171 Å². The number of carbonyl (C=O) groups is 1. The van der Waals surface area contributed by atoms with Crippen LogP contribution in [0.15, 0.2) is 51.4 Å². The molecule has 29 heavy (non-hydrogen) atoms. The standard InChI is InChI=1S/C21H20N4O3S/c1-13-10-17(14(2)27-13)20-25-24-19(28-20)9-8-18(26)22-11-16-12-23-21(29-16)15-6-4-3-5-7-15/h3-7,10,12H,8-9,11H2,1-2H3,(H,22,26). The molecule has 0 aliphatic carbocycles. The van der Waals surface area contributed by atoms with Crippen LogP contribution in [0.3, 0.4) is 0 Å². The molecule has 0 saturated heterocycles. The number of rotatable bonds is 7. The van der Waals surface area contributed by atoms with Crippen molar-refractivity contribution in [2.24, 2.45) is 0 Å². The third-order valence-corrected chi connectivity index (χ3v) is 5.38. The third-order valence-electron chi connectivity index (χ3n) is 4.34. The summed E-state index contributed by atoms with van der Waals surface area (Å²) < 4.78 is 11.1. The van der Waals surface area contributed by atoms with Gasteiger partial charge < -0.3 is 14.2 Å². The molecule has 0 aliphatic rings. The largest absolute Gasteiger partial charge is 0.466 e. The van der Waals surface area contributed by atoms with E-state index in [2.05, 4.69) is 20.5 Å². The van der Waals surface area contributed by atoms with Crippen molar-refractivity contribution in [2.45, 2.75) is 33.2 Å². The zero-order valence-corrected chi connectivity index (χ0v) is 17.0. The molecule has 0 bridgehead atoms. The van der Waals surface area contributed by atoms with Crippen molar-refractivity contribution in [2.75, 3.05) is 0 Å². The van der Waals surface area contributed by atoms with Gasteiger partial charge >= 0.3 is 0 Å². The number of hydrogen-bond donors (Lipinski definition) is 1. The lowest BCUT2D eigenvalue weighted by Gasteiger charge is -2.01. The van der Waals surface area contributed by atoms with E-state index in [1.54, 1.807) is 17.5 Å². The molecule has 0 aliphatic heterocycles. The molecule has 0 fully saturated rings. The van der Waals surface area contributed by atoms with Crippen molar-refractivity contribution in [3.63, 3.8) is 0 Å². The van der Waals surface area contributed by atoms with Gasteiger partial charge in [-0.1, -0.05) is 30.3 Å². The van der Waals surface area contributed by atoms with Crippen molar-refractivity contribution in [3.05, 3.63) is 64.9 Å². The monoisotopic (exact) mass is 408 g/mol. The molecule has 4 rings (SSSR count). The molecule has 7 nitrogen and oxygen atoms in total. The number of furan rings is 1. The topological polar surface area (TPSA) is 94.1 Å². The molecular formula is C21H20N4O3S. The highest BCUT2D eigenvalue weighted by Crippen LogP contribution is 2.26. The Morgan fingerprint density at radius 3 is 2.72 bits per heavy atom. The van der Waals surface area contributed by atoms with Crippen LogP contribution in [0.1, 0.15) is 28.7 Å². The molecule has 148 valence electrons. The van der Waals surface area contributed by atoms with Crippen LogP contribution in [0, 0.1) is 13.8 Å². The average Bonchev–Trinajstić information content (AvgIpc) is 3.45. The molecule has 1 amide bonds. The summed E-state index contributed by atoms with van der Waals surface area (Å²) in [6, 6.07) is 11.8. The molecule has 4 aromatic rings. The minimum atomic E-state index is -0.0743. The zero-order valence-electron chi connectivity index (χ0n) is 16.1. The molecule has 3 aromatic heterocycles. The SMILES string of the molecule is Cc1cc(-c2nnc(CCC(=O)NCc3cnc(-c4ccccc4)s3)o2)c(C)o1. The second kappa shape index (κ2) is 8.40. The Morgan fingerprint density at radius 2 is 1.97 bits per heavy atom. The van der Waals surface area contributed by atoms with Crippen LogP contribution in [-0.2, 0) is 17.8 Å². The van der Waals surface area contributed by atoms with E-state index in [1.807, 2.05) is 50.2 Å². The smallest absolute Gasteiger partial charge is 0.251 e. The summed E-state index contributed by atoms with van der Waals surface area (Å²) in [6.07, 6.45) is 2.45. The lowest BCUT2D eigenvalue weighted by molar-refractivity contribution is -0.121. The molecular weight excluding hydrogens is 388 g/mol. The Kier molecular flexibility index (Phi) is 5.53. The van der Waals surface area contributed by atoms with E-state index in [9.17, 15) is 4.79 Å². The number of benzene rings is 1. The maximum Gasteiger partial charge on any atom is 0.251 e. The van der Waals surface area contributed by atoms with Gasteiger partial charge in [0.2, 0.25) is 11.8 Å². The maximum atomic E-state index is 12.2. The number of nitrogens with zero attached hydrogens (tertiary/aromatic N) is 3. The van der Waals surface area contributed by atoms with E-state index >= 15 is 0 Å². The Balaban J connectivity index is 1.28. The fourth-order valence-electron chi connectivity index (χ4n) is 2.90. The van der Waals surface area contributed by atoms with Gasteiger partial charge in [-0.25, -0.2) is 4.98 Å². The summed E-state index contributed by atoms with van der Waals surface area (Å²) in [5, 5.41) is 11.9. The second-order valence-electron chi connectivity index (χ2n) is 6.60. The number of aromatic nitrogens is 3. The van der Waals surface area contributed by atoms with Gasteiger partial charge in [0.05, 0.1) is 12.1 Å². The summed E-state index contributed by atoms with van der Waals surface area (Å²) in [4.78, 5) is 17.6. The van der Waals surface area contributed by atoms with Crippen LogP contribution >= 0.6 is 11.3 Å². The number of thiazole rings is 1. The Morgan fingerprint density at radius 1 is 1.14 bits per heavy atom. The van der Waals surface area contributed by atoms with Crippen LogP contribution in [-0.4, -0.2) is 21.1 Å². The molecule has 1 aromatic carbocycles. The first-order chi connectivity index (χ1) is 14.1. The maximum absolute atomic E-state index is 12.2. The van der Waals surface area contributed by atoms with E-state index < -0.39 is 0 Å². The minimum Gasteiger partial charge on any atom is -0.466 e. The quantitative estimate of drug-likeness (QED) is 0.489. The second-order valence-corrected chi connectivity index (χ2v) is 7.72. The summed E-state index contributed by atoms with van der Waals surface area (Å²) in [6.45, 7) is 4.16. The van der Waals surface area contributed by atoms with Gasteiger partial charge in [0.1, 0.15) is 16.5 Å². The van der Waals surface area contributed by atoms with Gasteiger partial charge in [-0.2, -0.15) is 0 Å². The molecule has 0 radical (unpaired) electrons. The number of nitrogens with one attached hydrogen (secondary N) is 1. The van der Waals surface area contributed by atoms with E-state index in [-0.39, 0.29) is 12.3 Å². The summed E-state index contributed by atoms with van der Waals surface area (Å²) in [7, 11) is 0. The van der Waals surface area contributed by atoms with Crippen molar-refractivity contribution in [3.8, 4) is 22.0 Å². The van der Waals surface area contributed by atoms with Gasteiger partial charge in [0.25, 0.3) is 5.89 Å². The number of amides is 1. The minimum absolute atomic E-state index is 0.0743. The predicted molar refractivity (Wildman–Crippen MR) is 109 cm³/mol. The fraction of sp³-hybridized carbons (Fsp3) is 0.238. The summed E-state index contributed by atoms with van der Waals surface area (Å²) in [5.74, 6) is 2.28. The zero-order chi connectivity index (χ0) is 20.2. The van der Waals surface area contributed by atoms with Crippen molar-refractivity contribution >= 4 is 17.2 Å². The molecule has 0 saturated carbocycles. The van der Waals surface area contributed by atoms with Gasteiger partial charge in [0, 0.05) is 29.5 Å². The lowest BCUT2D eigenvalue weighted by atomic mass is 10.2. The van der Waals surface area contributed by atoms with E-state index in [4.69, 9.17) is 8.83 Å². The van der Waals surface area contributed by atoms with Gasteiger partial charge in [-0.15, -0.1) is 21.5 Å². The van der Waals surface area contributed by atoms with Crippen molar-refractivity contribution in [1.82, 2.24) is 20.5 Å². The van der Waals surface area contributed by atoms with Crippen LogP contribution in [0.4, 0.5) is 0 Å². The predicted octanol–water partition coefficient (Wildman–Crippen LogP) is 4.32. The van der Waals surface area contributed by atoms with E-state index in [0.29, 0.717) is 24.7 Å². The molecule has 8 heteroatoms. The molecule has 1 N–H and O–H groups in total. The number of hydrogen-bond acceptors (Lipinski definition) is 7. The normalized spacial score (nSPS) is 11.0. The van der Waals surface area contributed by atoms with Crippen molar-refractivity contribution in [1.29, 1.82) is 0 Å². The Bertz CT molecular complexity index is 1110. The van der Waals surface area contributed by atoms with Crippen LogP contribution in [0.2, 0.25) is 0 Å². The van der Waals surface area contributed by atoms with Crippen LogP contribution in [0.25, 0.3) is 22.0 Å². The first-order valence-electron chi connectivity index (χ1n) is 9.25. The summed E-state index contributed by atoms with van der Waals surface area (Å²) in [5.41, 5.74) is 1.86. The highest BCUT2D eigenvalue weighted by atomic mass is 32.1. The third kappa shape index (κ3) is 4.60. The van der Waals surface area contributed by atoms with Gasteiger partial charge in [-0.3, -0.25) is 4.79 Å². The molecule has 0 spiro atoms. The van der Waals surface area contributed by atoms with Gasteiger partial charge in [-0.05, 0) is 19.9 Å². The lowest BCUT2D eigenvalue weighted by Crippen LogP contribution is -2.22. The molecule has 0 atom stereocenters. The van der Waals surface area contributed by atoms with Crippen molar-refractivity contribution < 1.29 is 13.6 Å². The molecule has 3 heterocycles. The fourth-order valence-corrected chi connectivity index (χ4v) is 3.76. The average molecular weight is 408 g/mol. The van der Waals surface area contributed by atoms with Crippen LogP contribution in [0.5, 0.6) is 0 Å². The molecule has 0 unspecified atom stereocenters. The highest BCUT2D eigenvalue weighted by Gasteiger charge is 2.15. The van der Waals surface area contributed by atoms with Gasteiger partial charge in [0.15, 0.2) is 0 Å². The van der Waals surface area contributed by atoms with Crippen LogP contribution < -0.4 is 5.32 Å². The van der Waals surface area contributed by atoms with E-state index in [1.165, 1.54) is 0 Å². The summed E-state index contributed by atoms with van der Waals surface area (Å²) >= 11 is 1.57. The first-order valence-corrected chi connectivity index (χ1v) is 10.1.